The number of aromatic carboxylic acids is 1. The van der Waals surface area contributed by atoms with Crippen molar-refractivity contribution in [3.63, 3.8) is 0 Å². The molecule has 0 aliphatic rings. The zero-order valence-electron chi connectivity index (χ0n) is 10.9. The number of nitrogens with two attached hydrogens (primary N) is 1. The Bertz CT molecular complexity index is 621. The van der Waals surface area contributed by atoms with Gasteiger partial charge in [0.1, 0.15) is 0 Å². The smallest absolute Gasteiger partial charge is 0.337 e. The van der Waals surface area contributed by atoms with Gasteiger partial charge in [-0.25, -0.2) is 4.79 Å². The lowest BCUT2D eigenvalue weighted by Gasteiger charge is -2.14. The van der Waals surface area contributed by atoms with Gasteiger partial charge in [0.05, 0.1) is 5.56 Å². The molecule has 0 bridgehead atoms. The van der Waals surface area contributed by atoms with Crippen LogP contribution in [0.3, 0.4) is 0 Å². The van der Waals surface area contributed by atoms with Gasteiger partial charge in [-0.2, -0.15) is 0 Å². The van der Waals surface area contributed by atoms with Crippen LogP contribution in [0.1, 0.15) is 10.4 Å². The van der Waals surface area contributed by atoms with Crippen molar-refractivity contribution in [2.45, 2.75) is 0 Å². The maximum absolute atomic E-state index is 10.9. The van der Waals surface area contributed by atoms with Crippen molar-refractivity contribution in [3.8, 4) is 11.1 Å². The molecule has 0 aliphatic heterocycles. The number of anilines is 2. The second kappa shape index (κ2) is 5.02. The first-order valence-corrected chi connectivity index (χ1v) is 5.89. The van der Waals surface area contributed by atoms with E-state index in [9.17, 15) is 4.79 Å². The molecule has 0 amide bonds. The van der Waals surface area contributed by atoms with Crippen LogP contribution >= 0.6 is 0 Å². The van der Waals surface area contributed by atoms with Crippen molar-refractivity contribution in [3.05, 3.63) is 48.0 Å². The third-order valence-electron chi connectivity index (χ3n) is 2.98. The van der Waals surface area contributed by atoms with E-state index in [1.54, 1.807) is 12.1 Å². The number of carboxylic acid groups (broad SMARTS) is 1. The van der Waals surface area contributed by atoms with E-state index in [4.69, 9.17) is 10.8 Å². The Morgan fingerprint density at radius 3 is 2.37 bits per heavy atom. The number of carboxylic acids is 1. The van der Waals surface area contributed by atoms with Crippen LogP contribution in [-0.2, 0) is 0 Å². The first kappa shape index (κ1) is 13.0. The Morgan fingerprint density at radius 1 is 1.11 bits per heavy atom. The Labute approximate surface area is 112 Å². The molecule has 2 aromatic rings. The first-order chi connectivity index (χ1) is 8.99. The summed E-state index contributed by atoms with van der Waals surface area (Å²) in [5.41, 5.74) is 9.18. The molecular formula is C15H16N2O2. The van der Waals surface area contributed by atoms with E-state index in [1.807, 2.05) is 43.3 Å². The summed E-state index contributed by atoms with van der Waals surface area (Å²) in [6.45, 7) is 0. The summed E-state index contributed by atoms with van der Waals surface area (Å²) in [6, 6.07) is 13.0. The normalized spacial score (nSPS) is 10.2. The average Bonchev–Trinajstić information content (AvgIpc) is 2.38. The van der Waals surface area contributed by atoms with Gasteiger partial charge in [-0.3, -0.25) is 0 Å². The zero-order valence-corrected chi connectivity index (χ0v) is 10.9. The quantitative estimate of drug-likeness (QED) is 0.829. The number of nitrogens with zero attached hydrogens (tertiary/aromatic N) is 1. The molecule has 3 N–H and O–H groups in total. The fraction of sp³-hybridized carbons (Fsp3) is 0.133. The Balaban J connectivity index is 2.45. The molecule has 0 unspecified atom stereocenters. The molecule has 0 saturated heterocycles. The van der Waals surface area contributed by atoms with Crippen molar-refractivity contribution in [1.82, 2.24) is 0 Å². The lowest BCUT2D eigenvalue weighted by Crippen LogP contribution is -2.08. The third-order valence-corrected chi connectivity index (χ3v) is 2.98. The molecule has 0 heterocycles. The van der Waals surface area contributed by atoms with Gasteiger partial charge >= 0.3 is 5.97 Å². The highest BCUT2D eigenvalue weighted by Crippen LogP contribution is 2.26. The molecule has 0 aliphatic carbocycles. The number of carbonyl (C=O) groups is 1. The zero-order chi connectivity index (χ0) is 14.0. The topological polar surface area (TPSA) is 66.6 Å². The van der Waals surface area contributed by atoms with E-state index in [-0.39, 0.29) is 11.3 Å². The van der Waals surface area contributed by atoms with Gasteiger partial charge in [-0.05, 0) is 35.4 Å². The highest BCUT2D eigenvalue weighted by atomic mass is 16.4. The van der Waals surface area contributed by atoms with E-state index >= 15 is 0 Å². The summed E-state index contributed by atoms with van der Waals surface area (Å²) in [5, 5.41) is 8.96. The van der Waals surface area contributed by atoms with Crippen molar-refractivity contribution < 1.29 is 9.90 Å². The molecular weight excluding hydrogens is 240 g/mol. The van der Waals surface area contributed by atoms with E-state index in [2.05, 4.69) is 0 Å². The molecule has 0 fully saturated rings. The molecule has 4 nitrogen and oxygen atoms in total. The Hall–Kier alpha value is -2.49. The molecule has 0 aromatic heterocycles. The summed E-state index contributed by atoms with van der Waals surface area (Å²) in [4.78, 5) is 12.9. The van der Waals surface area contributed by atoms with Crippen LogP contribution in [0, 0.1) is 0 Å². The highest BCUT2D eigenvalue weighted by Gasteiger charge is 2.09. The molecule has 98 valence electrons. The minimum absolute atomic E-state index is 0.132. The molecule has 0 radical (unpaired) electrons. The van der Waals surface area contributed by atoms with Gasteiger partial charge in [0.25, 0.3) is 0 Å². The van der Waals surface area contributed by atoms with Crippen LogP contribution in [-0.4, -0.2) is 25.2 Å². The number of hydrogen-bond donors (Lipinski definition) is 2. The summed E-state index contributed by atoms with van der Waals surface area (Å²) < 4.78 is 0. The average molecular weight is 256 g/mol. The van der Waals surface area contributed by atoms with Crippen molar-refractivity contribution in [2.75, 3.05) is 24.7 Å². The first-order valence-electron chi connectivity index (χ1n) is 5.89. The predicted molar refractivity (Wildman–Crippen MR) is 77.6 cm³/mol. The van der Waals surface area contributed by atoms with Crippen molar-refractivity contribution in [1.29, 1.82) is 0 Å². The molecule has 0 atom stereocenters. The van der Waals surface area contributed by atoms with Crippen LogP contribution in [0.15, 0.2) is 42.5 Å². The SMILES string of the molecule is CN(C)c1cccc(-c2ccc(C(=O)O)c(N)c2)c1. The van der Waals surface area contributed by atoms with E-state index < -0.39 is 5.97 Å². The maximum atomic E-state index is 10.9. The van der Waals surface area contributed by atoms with Gasteiger partial charge in [0.15, 0.2) is 0 Å². The summed E-state index contributed by atoms with van der Waals surface area (Å²) in [6.07, 6.45) is 0. The van der Waals surface area contributed by atoms with Gasteiger partial charge < -0.3 is 15.7 Å². The largest absolute Gasteiger partial charge is 0.478 e. The third kappa shape index (κ3) is 2.68. The lowest BCUT2D eigenvalue weighted by atomic mass is 10.0. The van der Waals surface area contributed by atoms with Gasteiger partial charge in [-0.15, -0.1) is 0 Å². The minimum atomic E-state index is -1.01. The predicted octanol–water partition coefficient (Wildman–Crippen LogP) is 2.70. The lowest BCUT2D eigenvalue weighted by molar-refractivity contribution is 0.0698. The highest BCUT2D eigenvalue weighted by molar-refractivity contribution is 5.94. The second-order valence-electron chi connectivity index (χ2n) is 4.55. The minimum Gasteiger partial charge on any atom is -0.478 e. The number of benzene rings is 2. The van der Waals surface area contributed by atoms with Crippen LogP contribution in [0.25, 0.3) is 11.1 Å². The van der Waals surface area contributed by atoms with Gasteiger partial charge in [-0.1, -0.05) is 18.2 Å². The number of rotatable bonds is 3. The number of hydrogen-bond acceptors (Lipinski definition) is 3. The standard InChI is InChI=1S/C15H16N2O2/c1-17(2)12-5-3-4-10(8-12)11-6-7-13(15(18)19)14(16)9-11/h3-9H,16H2,1-2H3,(H,18,19). The van der Waals surface area contributed by atoms with E-state index in [1.165, 1.54) is 6.07 Å². The Kier molecular flexibility index (Phi) is 3.42. The molecule has 0 saturated carbocycles. The van der Waals surface area contributed by atoms with Crippen molar-refractivity contribution in [2.24, 2.45) is 0 Å². The van der Waals surface area contributed by atoms with Crippen LogP contribution in [0.4, 0.5) is 11.4 Å². The van der Waals surface area contributed by atoms with Gasteiger partial charge in [0, 0.05) is 25.5 Å². The summed E-state index contributed by atoms with van der Waals surface area (Å²) in [5.74, 6) is -1.01. The maximum Gasteiger partial charge on any atom is 0.337 e. The van der Waals surface area contributed by atoms with E-state index in [0.717, 1.165) is 16.8 Å². The molecule has 2 rings (SSSR count). The van der Waals surface area contributed by atoms with Crippen LogP contribution < -0.4 is 10.6 Å². The fourth-order valence-electron chi connectivity index (χ4n) is 1.90. The fourth-order valence-corrected chi connectivity index (χ4v) is 1.90. The Morgan fingerprint density at radius 2 is 1.79 bits per heavy atom. The summed E-state index contributed by atoms with van der Waals surface area (Å²) in [7, 11) is 3.95. The van der Waals surface area contributed by atoms with Gasteiger partial charge in [0.2, 0.25) is 0 Å². The molecule has 19 heavy (non-hydrogen) atoms. The monoisotopic (exact) mass is 256 g/mol. The van der Waals surface area contributed by atoms with E-state index in [0.29, 0.717) is 0 Å². The second-order valence-corrected chi connectivity index (χ2v) is 4.55. The molecule has 0 spiro atoms. The number of nitrogen functional groups attached to an aromatic ring is 1. The van der Waals surface area contributed by atoms with Crippen molar-refractivity contribution >= 4 is 17.3 Å². The summed E-state index contributed by atoms with van der Waals surface area (Å²) >= 11 is 0. The molecule has 2 aromatic carbocycles. The van der Waals surface area contributed by atoms with Crippen LogP contribution in [0.5, 0.6) is 0 Å². The van der Waals surface area contributed by atoms with Crippen LogP contribution in [0.2, 0.25) is 0 Å². The molecule has 4 heteroatoms.